The summed E-state index contributed by atoms with van der Waals surface area (Å²) in [6, 6.07) is 29.3. The molecule has 166 valence electrons. The minimum absolute atomic E-state index is 0.352. The normalized spacial score (nSPS) is 19.3. The summed E-state index contributed by atoms with van der Waals surface area (Å²) in [4.78, 5) is 7.13. The van der Waals surface area contributed by atoms with E-state index in [4.69, 9.17) is 14.3 Å². The minimum Gasteiger partial charge on any atom is -0.399 e. The molecule has 0 amide bonds. The summed E-state index contributed by atoms with van der Waals surface area (Å²) < 4.78 is 12.4. The first-order valence-electron chi connectivity index (χ1n) is 11.4. The van der Waals surface area contributed by atoms with Crippen molar-refractivity contribution in [1.29, 1.82) is 0 Å². The Morgan fingerprint density at radius 3 is 1.85 bits per heavy atom. The van der Waals surface area contributed by atoms with Crippen LogP contribution >= 0.6 is 0 Å². The fraction of sp³-hybridized carbons (Fsp3) is 0.250. The first-order chi connectivity index (χ1) is 15.8. The lowest BCUT2D eigenvalue weighted by Crippen LogP contribution is -2.41. The predicted molar refractivity (Wildman–Crippen MR) is 137 cm³/mol. The highest BCUT2D eigenvalue weighted by Crippen LogP contribution is 2.37. The van der Waals surface area contributed by atoms with Crippen molar-refractivity contribution in [3.63, 3.8) is 0 Å². The van der Waals surface area contributed by atoms with Crippen molar-refractivity contribution in [3.05, 3.63) is 102 Å². The van der Waals surface area contributed by atoms with E-state index in [1.165, 1.54) is 0 Å². The number of hydrogen-bond donors (Lipinski definition) is 0. The van der Waals surface area contributed by atoms with Gasteiger partial charge in [-0.05, 0) is 62.5 Å². The van der Waals surface area contributed by atoms with Gasteiger partial charge in [0.25, 0.3) is 0 Å². The third-order valence-electron chi connectivity index (χ3n) is 6.82. The van der Waals surface area contributed by atoms with Crippen LogP contribution in [-0.4, -0.2) is 30.7 Å². The Labute approximate surface area is 196 Å². The molecule has 0 aromatic heterocycles. The van der Waals surface area contributed by atoms with Gasteiger partial charge < -0.3 is 14.2 Å². The van der Waals surface area contributed by atoms with Gasteiger partial charge in [-0.25, -0.2) is 0 Å². The third-order valence-corrected chi connectivity index (χ3v) is 6.82. The zero-order chi connectivity index (χ0) is 23.1. The molecule has 5 heteroatoms. The predicted octanol–water partition coefficient (Wildman–Crippen LogP) is 5.29. The van der Waals surface area contributed by atoms with Gasteiger partial charge in [-0.1, -0.05) is 72.8 Å². The molecular formula is C28H29BN2O2. The lowest BCUT2D eigenvalue weighted by Gasteiger charge is -2.32. The third kappa shape index (κ3) is 4.15. The van der Waals surface area contributed by atoms with E-state index in [0.717, 1.165) is 33.7 Å². The summed E-state index contributed by atoms with van der Waals surface area (Å²) in [5.41, 5.74) is 5.82. The van der Waals surface area contributed by atoms with E-state index >= 15 is 0 Å². The van der Waals surface area contributed by atoms with E-state index in [1.807, 2.05) is 12.1 Å². The zero-order valence-electron chi connectivity index (χ0n) is 19.7. The first-order valence-corrected chi connectivity index (χ1v) is 11.4. The van der Waals surface area contributed by atoms with Gasteiger partial charge in [0.15, 0.2) is 0 Å². The van der Waals surface area contributed by atoms with Crippen molar-refractivity contribution in [2.24, 2.45) is 4.99 Å². The molecule has 0 saturated carbocycles. The maximum atomic E-state index is 6.22. The molecule has 5 rings (SSSR count). The summed E-state index contributed by atoms with van der Waals surface area (Å²) in [7, 11) is -0.364. The molecule has 0 atom stereocenters. The van der Waals surface area contributed by atoms with Crippen LogP contribution in [0.2, 0.25) is 0 Å². The molecule has 0 unspecified atom stereocenters. The van der Waals surface area contributed by atoms with Gasteiger partial charge in [-0.2, -0.15) is 0 Å². The molecule has 4 nitrogen and oxygen atoms in total. The largest absolute Gasteiger partial charge is 0.494 e. The Balaban J connectivity index is 1.45. The highest BCUT2D eigenvalue weighted by molar-refractivity contribution is 6.62. The van der Waals surface area contributed by atoms with Gasteiger partial charge in [0.05, 0.1) is 22.6 Å². The second-order valence-corrected chi connectivity index (χ2v) is 9.55. The van der Waals surface area contributed by atoms with E-state index in [1.54, 1.807) is 0 Å². The van der Waals surface area contributed by atoms with Crippen LogP contribution in [0, 0.1) is 0 Å². The van der Waals surface area contributed by atoms with Crippen LogP contribution in [0.25, 0.3) is 5.70 Å². The zero-order valence-corrected chi connectivity index (χ0v) is 19.7. The number of nitrogens with zero attached hydrogens (tertiary/aromatic N) is 2. The van der Waals surface area contributed by atoms with Crippen LogP contribution in [-0.2, 0) is 9.31 Å². The summed E-state index contributed by atoms with van der Waals surface area (Å²) in [5, 5.41) is 0. The summed E-state index contributed by atoms with van der Waals surface area (Å²) in [6.45, 7) is 8.87. The van der Waals surface area contributed by atoms with E-state index in [-0.39, 0.29) is 18.3 Å². The number of allylic oxidation sites excluding steroid dienone is 1. The molecular weight excluding hydrogens is 407 g/mol. The average Bonchev–Trinajstić information content (AvgIpc) is 3.06. The molecule has 0 spiro atoms. The Morgan fingerprint density at radius 1 is 0.727 bits per heavy atom. The van der Waals surface area contributed by atoms with Gasteiger partial charge in [-0.15, -0.1) is 0 Å². The molecule has 0 bridgehead atoms. The fourth-order valence-corrected chi connectivity index (χ4v) is 4.12. The van der Waals surface area contributed by atoms with E-state index < -0.39 is 0 Å². The van der Waals surface area contributed by atoms with Gasteiger partial charge in [0.2, 0.25) is 0 Å². The Hall–Kier alpha value is -3.15. The molecule has 2 heterocycles. The van der Waals surface area contributed by atoms with E-state index in [2.05, 4.69) is 111 Å². The molecule has 0 radical (unpaired) electrons. The molecule has 33 heavy (non-hydrogen) atoms. The van der Waals surface area contributed by atoms with Gasteiger partial charge in [0, 0.05) is 5.69 Å². The number of aliphatic imine (C=N–C) groups is 1. The fourth-order valence-electron chi connectivity index (χ4n) is 4.12. The molecule has 3 aromatic rings. The molecule has 2 aliphatic rings. The average molecular weight is 436 g/mol. The number of hydrogen-bond acceptors (Lipinski definition) is 4. The van der Waals surface area contributed by atoms with Crippen LogP contribution in [0.1, 0.15) is 38.8 Å². The monoisotopic (exact) mass is 436 g/mol. The topological polar surface area (TPSA) is 34.1 Å². The second kappa shape index (κ2) is 8.33. The summed E-state index contributed by atoms with van der Waals surface area (Å²) >= 11 is 0. The van der Waals surface area contributed by atoms with Crippen molar-refractivity contribution < 1.29 is 9.31 Å². The van der Waals surface area contributed by atoms with Crippen molar-refractivity contribution in [2.45, 2.75) is 38.9 Å². The molecule has 1 fully saturated rings. The summed E-state index contributed by atoms with van der Waals surface area (Å²) in [6.07, 6.45) is 2.18. The molecule has 0 N–H and O–H groups in total. The lowest BCUT2D eigenvalue weighted by atomic mass is 9.79. The van der Waals surface area contributed by atoms with Gasteiger partial charge in [0.1, 0.15) is 6.67 Å². The standard InChI is InChI=1S/C28H29BN2O2/c1-27(2)28(3,4)33-29(32-27)23-15-17-24(18-16-23)31-20-30-25(21-11-7-5-8-12-21)19-26(31)22-13-9-6-10-14-22/h5-19H,20H2,1-4H3. The number of anilines is 1. The van der Waals surface area contributed by atoms with Crippen molar-refractivity contribution in [2.75, 3.05) is 11.6 Å². The van der Waals surface area contributed by atoms with Crippen LogP contribution in [0.15, 0.2) is 96.0 Å². The van der Waals surface area contributed by atoms with Gasteiger partial charge >= 0.3 is 7.12 Å². The molecule has 2 aliphatic heterocycles. The highest BCUT2D eigenvalue weighted by atomic mass is 16.7. The quantitative estimate of drug-likeness (QED) is 0.521. The number of rotatable bonds is 4. The van der Waals surface area contributed by atoms with Crippen LogP contribution < -0.4 is 10.4 Å². The SMILES string of the molecule is CC1(C)OB(c2ccc(N3CN=C(c4ccccc4)C=C3c3ccccc3)cc2)OC1(C)C. The van der Waals surface area contributed by atoms with Crippen LogP contribution in [0.5, 0.6) is 0 Å². The Morgan fingerprint density at radius 2 is 1.27 bits per heavy atom. The Kier molecular flexibility index (Phi) is 5.47. The highest BCUT2D eigenvalue weighted by Gasteiger charge is 2.51. The van der Waals surface area contributed by atoms with Crippen molar-refractivity contribution in [3.8, 4) is 0 Å². The van der Waals surface area contributed by atoms with Crippen molar-refractivity contribution in [1.82, 2.24) is 0 Å². The molecule has 0 aliphatic carbocycles. The van der Waals surface area contributed by atoms with Crippen LogP contribution in [0.4, 0.5) is 5.69 Å². The minimum atomic E-state index is -0.364. The first kappa shape index (κ1) is 21.7. The lowest BCUT2D eigenvalue weighted by molar-refractivity contribution is 0.00578. The number of benzene rings is 3. The van der Waals surface area contributed by atoms with E-state index in [9.17, 15) is 0 Å². The van der Waals surface area contributed by atoms with Crippen LogP contribution in [0.3, 0.4) is 0 Å². The molecule has 3 aromatic carbocycles. The summed E-state index contributed by atoms with van der Waals surface area (Å²) in [5.74, 6) is 0. The van der Waals surface area contributed by atoms with E-state index in [0.29, 0.717) is 6.67 Å². The maximum Gasteiger partial charge on any atom is 0.494 e. The smallest absolute Gasteiger partial charge is 0.399 e. The molecule has 1 saturated heterocycles. The van der Waals surface area contributed by atoms with Gasteiger partial charge in [-0.3, -0.25) is 4.99 Å². The maximum absolute atomic E-state index is 6.22. The second-order valence-electron chi connectivity index (χ2n) is 9.55. The Bertz CT molecular complexity index is 1170. The van der Waals surface area contributed by atoms with Crippen molar-refractivity contribution >= 4 is 29.7 Å².